The summed E-state index contributed by atoms with van der Waals surface area (Å²) in [7, 11) is 1.59. The third-order valence-electron chi connectivity index (χ3n) is 3.68. The number of rotatable bonds is 7. The molecule has 110 valence electrons. The number of methoxy groups -OCH3 is 1. The van der Waals surface area contributed by atoms with E-state index in [0.29, 0.717) is 11.5 Å². The molecule has 0 radical (unpaired) electrons. The molecule has 2 rings (SSSR count). The molecule has 5 nitrogen and oxygen atoms in total. The Labute approximate surface area is 119 Å². The van der Waals surface area contributed by atoms with Gasteiger partial charge in [-0.25, -0.2) is 0 Å². The quantitative estimate of drug-likeness (QED) is 0.766. The van der Waals surface area contributed by atoms with Gasteiger partial charge in [-0.1, -0.05) is 0 Å². The molecule has 1 fully saturated rings. The second-order valence-corrected chi connectivity index (χ2v) is 5.22. The summed E-state index contributed by atoms with van der Waals surface area (Å²) >= 11 is 0. The van der Waals surface area contributed by atoms with Crippen molar-refractivity contribution < 1.29 is 19.6 Å². The molecule has 0 aromatic heterocycles. The Hall–Kier alpha value is -1.75. The Morgan fingerprint density at radius 3 is 2.75 bits per heavy atom. The molecule has 0 aliphatic heterocycles. The van der Waals surface area contributed by atoms with Crippen LogP contribution in [0.5, 0.6) is 11.5 Å². The lowest BCUT2D eigenvalue weighted by molar-refractivity contribution is -0.703. The number of nitrogens with two attached hydrogens (primary N) is 2. The Morgan fingerprint density at radius 2 is 2.10 bits per heavy atom. The van der Waals surface area contributed by atoms with E-state index in [4.69, 9.17) is 15.2 Å². The van der Waals surface area contributed by atoms with Gasteiger partial charge in [0.05, 0.1) is 13.2 Å². The van der Waals surface area contributed by atoms with E-state index in [1.165, 1.54) is 31.2 Å². The van der Waals surface area contributed by atoms with E-state index in [1.54, 1.807) is 7.11 Å². The summed E-state index contributed by atoms with van der Waals surface area (Å²) in [4.78, 5) is 10.7. The van der Waals surface area contributed by atoms with Gasteiger partial charge in [-0.05, 0) is 43.9 Å². The predicted molar refractivity (Wildman–Crippen MR) is 75.6 cm³/mol. The lowest BCUT2D eigenvalue weighted by Crippen LogP contribution is -2.87. The molecular formula is C15H23N2O3+. The fraction of sp³-hybridized carbons (Fsp3) is 0.533. The largest absolute Gasteiger partial charge is 0.493 e. The van der Waals surface area contributed by atoms with Gasteiger partial charge in [-0.2, -0.15) is 0 Å². The minimum absolute atomic E-state index is 0.135. The Morgan fingerprint density at radius 1 is 1.35 bits per heavy atom. The van der Waals surface area contributed by atoms with Crippen LogP contribution >= 0.6 is 0 Å². The van der Waals surface area contributed by atoms with Gasteiger partial charge < -0.3 is 20.5 Å². The molecule has 5 heteroatoms. The Balaban J connectivity index is 1.94. The van der Waals surface area contributed by atoms with Gasteiger partial charge in [0.1, 0.15) is 6.54 Å². The zero-order valence-corrected chi connectivity index (χ0v) is 11.9. The second-order valence-electron chi connectivity index (χ2n) is 5.22. The van der Waals surface area contributed by atoms with Crippen LogP contribution in [0.1, 0.15) is 31.2 Å². The number of quaternary nitrogens is 1. The van der Waals surface area contributed by atoms with Gasteiger partial charge >= 0.3 is 0 Å². The maximum atomic E-state index is 10.7. The van der Waals surface area contributed by atoms with E-state index in [2.05, 4.69) is 5.32 Å². The van der Waals surface area contributed by atoms with Crippen LogP contribution in [-0.4, -0.2) is 25.7 Å². The monoisotopic (exact) mass is 279 g/mol. The van der Waals surface area contributed by atoms with E-state index in [-0.39, 0.29) is 6.61 Å². The van der Waals surface area contributed by atoms with Crippen molar-refractivity contribution in [3.63, 3.8) is 0 Å². The molecule has 1 aliphatic rings. The van der Waals surface area contributed by atoms with Crippen LogP contribution in [0.4, 0.5) is 0 Å². The van der Waals surface area contributed by atoms with Crippen molar-refractivity contribution in [2.24, 2.45) is 5.73 Å². The van der Waals surface area contributed by atoms with E-state index in [1.807, 2.05) is 18.2 Å². The normalized spacial score (nSPS) is 15.2. The number of hydrogen-bond acceptors (Lipinski definition) is 3. The summed E-state index contributed by atoms with van der Waals surface area (Å²) in [5, 5.41) is 2.39. The topological polar surface area (TPSA) is 78.2 Å². The number of benzene rings is 1. The number of primary amides is 1. The highest BCUT2D eigenvalue weighted by molar-refractivity contribution is 5.75. The average Bonchev–Trinajstić information content (AvgIpc) is 2.96. The van der Waals surface area contributed by atoms with Crippen molar-refractivity contribution >= 4 is 5.91 Å². The van der Waals surface area contributed by atoms with Crippen molar-refractivity contribution in [3.8, 4) is 11.5 Å². The van der Waals surface area contributed by atoms with E-state index >= 15 is 0 Å². The lowest BCUT2D eigenvalue weighted by atomic mass is 10.1. The molecular weight excluding hydrogens is 256 g/mol. The van der Waals surface area contributed by atoms with Gasteiger partial charge in [0.25, 0.3) is 5.91 Å². The SMILES string of the molecule is COc1cc(C[NH2+]C2CCCC2)ccc1OCC(N)=O. The van der Waals surface area contributed by atoms with Gasteiger partial charge in [0.15, 0.2) is 18.1 Å². The summed E-state index contributed by atoms with van der Waals surface area (Å²) < 4.78 is 10.6. The smallest absolute Gasteiger partial charge is 0.255 e. The standard InChI is InChI=1S/C15H22N2O3/c1-19-14-8-11(9-17-12-4-2-3-5-12)6-7-13(14)20-10-15(16)18/h6-8,12,17H,2-5,9-10H2,1H3,(H2,16,18)/p+1. The summed E-state index contributed by atoms with van der Waals surface area (Å²) in [5.74, 6) is 0.699. The van der Waals surface area contributed by atoms with Crippen LogP contribution in [0.3, 0.4) is 0 Å². The molecule has 1 amide bonds. The second kappa shape index (κ2) is 7.14. The molecule has 1 saturated carbocycles. The van der Waals surface area contributed by atoms with Crippen LogP contribution in [0.25, 0.3) is 0 Å². The van der Waals surface area contributed by atoms with Crippen molar-refractivity contribution in [2.75, 3.05) is 13.7 Å². The molecule has 0 bridgehead atoms. The summed E-state index contributed by atoms with van der Waals surface area (Å²) in [5.41, 5.74) is 6.26. The molecule has 4 N–H and O–H groups in total. The number of ether oxygens (including phenoxy) is 2. The highest BCUT2D eigenvalue weighted by Crippen LogP contribution is 2.27. The van der Waals surface area contributed by atoms with Gasteiger partial charge in [-0.3, -0.25) is 4.79 Å². The predicted octanol–water partition coefficient (Wildman–Crippen LogP) is 0.565. The molecule has 1 aromatic rings. The fourth-order valence-corrected chi connectivity index (χ4v) is 2.60. The number of amides is 1. The molecule has 20 heavy (non-hydrogen) atoms. The van der Waals surface area contributed by atoms with Crippen molar-refractivity contribution in [3.05, 3.63) is 23.8 Å². The molecule has 0 saturated heterocycles. The fourth-order valence-electron chi connectivity index (χ4n) is 2.60. The van der Waals surface area contributed by atoms with E-state index in [0.717, 1.165) is 12.6 Å². The molecule has 1 aromatic carbocycles. The maximum absolute atomic E-state index is 10.7. The van der Waals surface area contributed by atoms with Crippen molar-refractivity contribution in [2.45, 2.75) is 38.3 Å². The van der Waals surface area contributed by atoms with Gasteiger partial charge in [-0.15, -0.1) is 0 Å². The summed E-state index contributed by atoms with van der Waals surface area (Å²) in [6.45, 7) is 0.807. The minimum Gasteiger partial charge on any atom is -0.493 e. The third kappa shape index (κ3) is 4.13. The number of carbonyl (C=O) groups is 1. The first-order valence-electron chi connectivity index (χ1n) is 7.10. The van der Waals surface area contributed by atoms with Crippen LogP contribution in [0, 0.1) is 0 Å². The number of carbonyl (C=O) groups excluding carboxylic acids is 1. The van der Waals surface area contributed by atoms with Crippen LogP contribution in [0.2, 0.25) is 0 Å². The summed E-state index contributed by atoms with van der Waals surface area (Å²) in [6.07, 6.45) is 5.34. The third-order valence-corrected chi connectivity index (χ3v) is 3.68. The van der Waals surface area contributed by atoms with Crippen molar-refractivity contribution in [1.82, 2.24) is 0 Å². The first kappa shape index (κ1) is 14.7. The molecule has 0 spiro atoms. The van der Waals surface area contributed by atoms with Crippen LogP contribution in [0.15, 0.2) is 18.2 Å². The zero-order valence-electron chi connectivity index (χ0n) is 11.9. The molecule has 0 heterocycles. The Kier molecular flexibility index (Phi) is 5.24. The number of hydrogen-bond donors (Lipinski definition) is 2. The van der Waals surface area contributed by atoms with E-state index < -0.39 is 5.91 Å². The average molecular weight is 279 g/mol. The van der Waals surface area contributed by atoms with Crippen molar-refractivity contribution in [1.29, 1.82) is 0 Å². The van der Waals surface area contributed by atoms with Gasteiger partial charge in [0, 0.05) is 5.56 Å². The highest BCUT2D eigenvalue weighted by atomic mass is 16.5. The molecule has 0 atom stereocenters. The van der Waals surface area contributed by atoms with Crippen LogP contribution < -0.4 is 20.5 Å². The van der Waals surface area contributed by atoms with Gasteiger partial charge in [0.2, 0.25) is 0 Å². The Bertz CT molecular complexity index is 456. The zero-order chi connectivity index (χ0) is 14.4. The van der Waals surface area contributed by atoms with E-state index in [9.17, 15) is 4.79 Å². The maximum Gasteiger partial charge on any atom is 0.255 e. The first-order valence-corrected chi connectivity index (χ1v) is 7.10. The minimum atomic E-state index is -0.495. The molecule has 1 aliphatic carbocycles. The summed E-state index contributed by atoms with van der Waals surface area (Å²) in [6, 6.07) is 6.55. The van der Waals surface area contributed by atoms with Crippen LogP contribution in [-0.2, 0) is 11.3 Å². The first-order chi connectivity index (χ1) is 9.69. The highest BCUT2D eigenvalue weighted by Gasteiger charge is 2.17. The lowest BCUT2D eigenvalue weighted by Gasteiger charge is -2.12. The molecule has 0 unspecified atom stereocenters.